The van der Waals surface area contributed by atoms with E-state index in [1.165, 1.54) is 18.4 Å². The van der Waals surface area contributed by atoms with Gasteiger partial charge in [0.15, 0.2) is 0 Å². The Hall–Kier alpha value is -1.06. The fourth-order valence-corrected chi connectivity index (χ4v) is 2.96. The summed E-state index contributed by atoms with van der Waals surface area (Å²) in [5.74, 6) is 1.71. The minimum atomic E-state index is 0.421. The van der Waals surface area contributed by atoms with Gasteiger partial charge in [-0.3, -0.25) is 0 Å². The summed E-state index contributed by atoms with van der Waals surface area (Å²) in [6, 6.07) is 8.30. The van der Waals surface area contributed by atoms with Gasteiger partial charge < -0.3 is 9.30 Å². The zero-order valence-corrected chi connectivity index (χ0v) is 11.8. The molecule has 1 atom stereocenters. The second kappa shape index (κ2) is 5.93. The van der Waals surface area contributed by atoms with Crippen LogP contribution in [0.15, 0.2) is 24.3 Å². The maximum absolute atomic E-state index is 5.88. The van der Waals surface area contributed by atoms with Gasteiger partial charge in [-0.1, -0.05) is 12.1 Å². The molecule has 0 N–H and O–H groups in total. The molecule has 19 heavy (non-hydrogen) atoms. The van der Waals surface area contributed by atoms with Crippen LogP contribution in [0.4, 0.5) is 0 Å². The number of aromatic nitrogens is 2. The zero-order valence-electron chi connectivity index (χ0n) is 11.0. The van der Waals surface area contributed by atoms with Gasteiger partial charge in [0.25, 0.3) is 0 Å². The number of imidazole rings is 1. The van der Waals surface area contributed by atoms with Crippen molar-refractivity contribution in [1.29, 1.82) is 0 Å². The van der Waals surface area contributed by atoms with Gasteiger partial charge >= 0.3 is 0 Å². The van der Waals surface area contributed by atoms with Crippen LogP contribution in [0.5, 0.6) is 0 Å². The van der Waals surface area contributed by atoms with E-state index in [0.29, 0.717) is 12.0 Å². The van der Waals surface area contributed by atoms with Gasteiger partial charge in [-0.25, -0.2) is 4.98 Å². The molecule has 1 aliphatic heterocycles. The van der Waals surface area contributed by atoms with E-state index in [9.17, 15) is 0 Å². The van der Waals surface area contributed by atoms with E-state index in [2.05, 4.69) is 27.8 Å². The monoisotopic (exact) mass is 278 g/mol. The first kappa shape index (κ1) is 12.9. The molecular weight excluding hydrogens is 260 g/mol. The molecule has 2 heterocycles. The summed E-state index contributed by atoms with van der Waals surface area (Å²) in [7, 11) is 0. The molecule has 1 saturated heterocycles. The Morgan fingerprint density at radius 1 is 1.37 bits per heavy atom. The number of ether oxygens (including phenoxy) is 1. The first-order valence-corrected chi connectivity index (χ1v) is 7.53. The quantitative estimate of drug-likeness (QED) is 0.784. The Morgan fingerprint density at radius 3 is 3.05 bits per heavy atom. The van der Waals surface area contributed by atoms with Crippen LogP contribution in [0.1, 0.15) is 25.1 Å². The fourth-order valence-electron chi connectivity index (χ4n) is 2.80. The number of rotatable bonds is 5. The molecule has 0 aliphatic carbocycles. The molecule has 102 valence electrons. The topological polar surface area (TPSA) is 27.1 Å². The van der Waals surface area contributed by atoms with Crippen LogP contribution in [0.25, 0.3) is 11.0 Å². The van der Waals surface area contributed by atoms with Gasteiger partial charge in [-0.2, -0.15) is 0 Å². The highest BCUT2D eigenvalue weighted by Gasteiger charge is 2.17. The standard InChI is InChI=1S/C15H19ClN2O/c16-9-7-15-17-13-5-1-2-6-14(13)18(15)10-8-12-4-3-11-19-12/h1-2,5-6,12H,3-4,7-11H2. The second-order valence-corrected chi connectivity index (χ2v) is 5.41. The van der Waals surface area contributed by atoms with Crippen LogP contribution >= 0.6 is 11.6 Å². The second-order valence-electron chi connectivity index (χ2n) is 5.03. The van der Waals surface area contributed by atoms with Crippen LogP contribution in [-0.4, -0.2) is 28.1 Å². The number of alkyl halides is 1. The Bertz CT molecular complexity index is 546. The SMILES string of the molecule is ClCCc1nc2ccccc2n1CCC1CCCO1. The van der Waals surface area contributed by atoms with E-state index in [1.807, 2.05) is 6.07 Å². The number of hydrogen-bond donors (Lipinski definition) is 0. The molecule has 0 amide bonds. The lowest BCUT2D eigenvalue weighted by Crippen LogP contribution is -2.12. The summed E-state index contributed by atoms with van der Waals surface area (Å²) >= 11 is 5.88. The third-order valence-corrected chi connectivity index (χ3v) is 3.94. The van der Waals surface area contributed by atoms with E-state index >= 15 is 0 Å². The lowest BCUT2D eigenvalue weighted by Gasteiger charge is -2.12. The molecule has 2 aromatic rings. The smallest absolute Gasteiger partial charge is 0.111 e. The minimum absolute atomic E-state index is 0.421. The van der Waals surface area contributed by atoms with Gasteiger partial charge in [0.1, 0.15) is 5.82 Å². The zero-order chi connectivity index (χ0) is 13.1. The molecule has 0 bridgehead atoms. The van der Waals surface area contributed by atoms with Crippen molar-refractivity contribution >= 4 is 22.6 Å². The summed E-state index contributed by atoms with van der Waals surface area (Å²) in [5, 5.41) is 0. The van der Waals surface area contributed by atoms with Crippen molar-refractivity contribution in [3.63, 3.8) is 0 Å². The molecule has 0 saturated carbocycles. The van der Waals surface area contributed by atoms with Gasteiger partial charge in [0, 0.05) is 25.5 Å². The van der Waals surface area contributed by atoms with Crippen molar-refractivity contribution in [2.45, 2.75) is 38.3 Å². The molecule has 1 aliphatic rings. The average molecular weight is 279 g/mol. The first-order valence-electron chi connectivity index (χ1n) is 7.00. The lowest BCUT2D eigenvalue weighted by atomic mass is 10.2. The molecular formula is C15H19ClN2O. The van der Waals surface area contributed by atoms with Crippen LogP contribution in [0.3, 0.4) is 0 Å². The van der Waals surface area contributed by atoms with Crippen molar-refractivity contribution in [2.75, 3.05) is 12.5 Å². The molecule has 1 fully saturated rings. The number of para-hydroxylation sites is 2. The number of benzene rings is 1. The maximum atomic E-state index is 5.88. The molecule has 3 nitrogen and oxygen atoms in total. The van der Waals surface area contributed by atoms with E-state index in [-0.39, 0.29) is 0 Å². The third kappa shape index (κ3) is 2.77. The molecule has 1 aromatic carbocycles. The summed E-state index contributed by atoms with van der Waals surface area (Å²) in [6.07, 6.45) is 4.70. The fraction of sp³-hybridized carbons (Fsp3) is 0.533. The van der Waals surface area contributed by atoms with Crippen molar-refractivity contribution in [2.24, 2.45) is 0 Å². The van der Waals surface area contributed by atoms with Gasteiger partial charge in [-0.05, 0) is 31.4 Å². The molecule has 1 aromatic heterocycles. The summed E-state index contributed by atoms with van der Waals surface area (Å²) in [4.78, 5) is 4.69. The average Bonchev–Trinajstić information content (AvgIpc) is 3.04. The summed E-state index contributed by atoms with van der Waals surface area (Å²) < 4.78 is 8.01. The first-order chi connectivity index (χ1) is 9.38. The number of halogens is 1. The van der Waals surface area contributed by atoms with E-state index in [0.717, 1.165) is 37.3 Å². The molecule has 1 unspecified atom stereocenters. The van der Waals surface area contributed by atoms with Gasteiger partial charge in [0.05, 0.1) is 17.1 Å². The van der Waals surface area contributed by atoms with Crippen LogP contribution < -0.4 is 0 Å². The molecule has 0 radical (unpaired) electrons. The lowest BCUT2D eigenvalue weighted by molar-refractivity contribution is 0.100. The van der Waals surface area contributed by atoms with Crippen LogP contribution in [0.2, 0.25) is 0 Å². The highest BCUT2D eigenvalue weighted by atomic mass is 35.5. The Kier molecular flexibility index (Phi) is 4.04. The number of nitrogens with zero attached hydrogens (tertiary/aromatic N) is 2. The Morgan fingerprint density at radius 2 is 2.26 bits per heavy atom. The third-order valence-electron chi connectivity index (χ3n) is 3.75. The van der Waals surface area contributed by atoms with Crippen molar-refractivity contribution in [3.8, 4) is 0 Å². The Balaban J connectivity index is 1.84. The molecule has 0 spiro atoms. The summed E-state index contributed by atoms with van der Waals surface area (Å²) in [5.41, 5.74) is 2.27. The van der Waals surface area contributed by atoms with Crippen LogP contribution in [-0.2, 0) is 17.7 Å². The normalized spacial score (nSPS) is 19.3. The van der Waals surface area contributed by atoms with E-state index in [1.54, 1.807) is 0 Å². The van der Waals surface area contributed by atoms with E-state index in [4.69, 9.17) is 16.3 Å². The number of fused-ring (bicyclic) bond motifs is 1. The van der Waals surface area contributed by atoms with E-state index < -0.39 is 0 Å². The number of hydrogen-bond acceptors (Lipinski definition) is 2. The Labute approximate surface area is 118 Å². The molecule has 4 heteroatoms. The van der Waals surface area contributed by atoms with Gasteiger partial charge in [0.2, 0.25) is 0 Å². The highest BCUT2D eigenvalue weighted by Crippen LogP contribution is 2.21. The largest absolute Gasteiger partial charge is 0.378 e. The van der Waals surface area contributed by atoms with Crippen LogP contribution in [0, 0.1) is 0 Å². The predicted molar refractivity (Wildman–Crippen MR) is 77.7 cm³/mol. The maximum Gasteiger partial charge on any atom is 0.111 e. The predicted octanol–water partition coefficient (Wildman–Crippen LogP) is 3.39. The van der Waals surface area contributed by atoms with Crippen molar-refractivity contribution in [1.82, 2.24) is 9.55 Å². The molecule has 3 rings (SSSR count). The highest BCUT2D eigenvalue weighted by molar-refractivity contribution is 6.17. The van der Waals surface area contributed by atoms with Crippen molar-refractivity contribution < 1.29 is 4.74 Å². The minimum Gasteiger partial charge on any atom is -0.378 e. The summed E-state index contributed by atoms with van der Waals surface area (Å²) in [6.45, 7) is 1.89. The van der Waals surface area contributed by atoms with Crippen molar-refractivity contribution in [3.05, 3.63) is 30.1 Å². The number of aryl methyl sites for hydroxylation is 2. The van der Waals surface area contributed by atoms with Gasteiger partial charge in [-0.15, -0.1) is 11.6 Å².